The lowest BCUT2D eigenvalue weighted by molar-refractivity contribution is -0.154. The maximum Gasteiger partial charge on any atom is 0.334 e. The van der Waals surface area contributed by atoms with Crippen LogP contribution < -0.4 is 5.32 Å². The van der Waals surface area contributed by atoms with Crippen molar-refractivity contribution in [2.75, 3.05) is 5.75 Å². The van der Waals surface area contributed by atoms with E-state index in [9.17, 15) is 9.59 Å². The molecule has 2 N–H and O–H groups in total. The van der Waals surface area contributed by atoms with Crippen molar-refractivity contribution < 1.29 is 19.4 Å². The molecule has 2 unspecified atom stereocenters. The van der Waals surface area contributed by atoms with Crippen LogP contribution in [0.3, 0.4) is 0 Å². The lowest BCUT2D eigenvalue weighted by Crippen LogP contribution is -2.42. The van der Waals surface area contributed by atoms with Gasteiger partial charge in [-0.05, 0) is 20.8 Å². The number of carboxylic acids is 1. The average Bonchev–Trinajstić information content (AvgIpc) is 2.47. The molecule has 0 amide bonds. The van der Waals surface area contributed by atoms with Gasteiger partial charge in [-0.1, -0.05) is 0 Å². The Balaban J connectivity index is 2.47. The molecule has 0 spiro atoms. The lowest BCUT2D eigenvalue weighted by atomic mass is 10.2. The van der Waals surface area contributed by atoms with Crippen molar-refractivity contribution in [1.29, 1.82) is 0 Å². The van der Waals surface area contributed by atoms with E-state index in [4.69, 9.17) is 9.84 Å². The summed E-state index contributed by atoms with van der Waals surface area (Å²) in [6.07, 6.45) is 0. The number of carbonyl (C=O) groups is 2. The number of carboxylic acid groups (broad SMARTS) is 1. The molecule has 1 saturated heterocycles. The van der Waals surface area contributed by atoms with Gasteiger partial charge in [-0.2, -0.15) is 0 Å². The number of carbonyl (C=O) groups excluding carboxylic acids is 1. The fraction of sp³-hybridized carbons (Fsp3) is 0.778. The highest BCUT2D eigenvalue weighted by atomic mass is 32.2. The number of ether oxygens (including phenoxy) is 1. The predicted molar refractivity (Wildman–Crippen MR) is 56.7 cm³/mol. The molecule has 0 radical (unpaired) electrons. The third-order valence-electron chi connectivity index (χ3n) is 1.70. The number of thioether (sulfide) groups is 1. The predicted octanol–water partition coefficient (Wildman–Crippen LogP) is 0.444. The molecule has 5 nitrogen and oxygen atoms in total. The SMILES string of the molecule is CC(C)(C)OC(=O)C1NC(C(=O)O)CS1. The largest absolute Gasteiger partial charge is 0.480 e. The van der Waals surface area contributed by atoms with E-state index in [1.54, 1.807) is 20.8 Å². The highest BCUT2D eigenvalue weighted by molar-refractivity contribution is 8.00. The van der Waals surface area contributed by atoms with Gasteiger partial charge in [0.15, 0.2) is 5.37 Å². The van der Waals surface area contributed by atoms with Crippen molar-refractivity contribution in [1.82, 2.24) is 5.32 Å². The summed E-state index contributed by atoms with van der Waals surface area (Å²) in [6.45, 7) is 5.33. The molecule has 2 atom stereocenters. The van der Waals surface area contributed by atoms with E-state index in [0.29, 0.717) is 5.75 Å². The van der Waals surface area contributed by atoms with Crippen molar-refractivity contribution in [3.8, 4) is 0 Å². The minimum atomic E-state index is -0.937. The molecule has 1 heterocycles. The molecular weight excluding hydrogens is 218 g/mol. The number of aliphatic carboxylic acids is 1. The van der Waals surface area contributed by atoms with Gasteiger partial charge < -0.3 is 9.84 Å². The van der Waals surface area contributed by atoms with E-state index in [2.05, 4.69) is 5.32 Å². The van der Waals surface area contributed by atoms with Crippen molar-refractivity contribution >= 4 is 23.7 Å². The Hall–Kier alpha value is -0.750. The molecule has 0 aromatic carbocycles. The summed E-state index contributed by atoms with van der Waals surface area (Å²) < 4.78 is 5.13. The maximum absolute atomic E-state index is 11.5. The Labute approximate surface area is 92.6 Å². The normalized spacial score (nSPS) is 26.3. The van der Waals surface area contributed by atoms with Gasteiger partial charge in [0.25, 0.3) is 0 Å². The molecule has 0 aromatic rings. The summed E-state index contributed by atoms with van der Waals surface area (Å²) in [6, 6.07) is -0.660. The first-order valence-electron chi connectivity index (χ1n) is 4.63. The van der Waals surface area contributed by atoms with Gasteiger partial charge in [0.05, 0.1) is 0 Å². The van der Waals surface area contributed by atoms with E-state index in [-0.39, 0.29) is 0 Å². The van der Waals surface area contributed by atoms with Gasteiger partial charge in [-0.3, -0.25) is 10.1 Å². The number of hydrogen-bond donors (Lipinski definition) is 2. The fourth-order valence-corrected chi connectivity index (χ4v) is 2.17. The number of hydrogen-bond acceptors (Lipinski definition) is 5. The van der Waals surface area contributed by atoms with Crippen molar-refractivity contribution in [3.63, 3.8) is 0 Å². The monoisotopic (exact) mass is 233 g/mol. The first kappa shape index (κ1) is 12.3. The highest BCUT2D eigenvalue weighted by Gasteiger charge is 2.36. The number of nitrogens with one attached hydrogen (secondary N) is 1. The Bertz CT molecular complexity index is 274. The van der Waals surface area contributed by atoms with Crippen LogP contribution in [0.15, 0.2) is 0 Å². The molecule has 0 bridgehead atoms. The standard InChI is InChI=1S/C9H15NO4S/c1-9(2,3)14-8(13)6-10-5(4-15-6)7(11)12/h5-6,10H,4H2,1-3H3,(H,11,12). The van der Waals surface area contributed by atoms with Crippen molar-refractivity contribution in [3.05, 3.63) is 0 Å². The van der Waals surface area contributed by atoms with E-state index in [1.165, 1.54) is 11.8 Å². The van der Waals surface area contributed by atoms with Crippen LogP contribution in [-0.2, 0) is 14.3 Å². The summed E-state index contributed by atoms with van der Waals surface area (Å²) in [4.78, 5) is 22.2. The molecule has 0 aliphatic carbocycles. The topological polar surface area (TPSA) is 75.6 Å². The molecule has 0 aromatic heterocycles. The maximum atomic E-state index is 11.5. The van der Waals surface area contributed by atoms with E-state index in [1.807, 2.05) is 0 Å². The van der Waals surface area contributed by atoms with Crippen molar-refractivity contribution in [2.24, 2.45) is 0 Å². The summed E-state index contributed by atoms with van der Waals surface area (Å²) >= 11 is 1.26. The van der Waals surface area contributed by atoms with Gasteiger partial charge in [-0.25, -0.2) is 4.79 Å². The van der Waals surface area contributed by atoms with Gasteiger partial charge in [0.2, 0.25) is 0 Å². The number of rotatable bonds is 2. The van der Waals surface area contributed by atoms with Gasteiger partial charge in [0, 0.05) is 5.75 Å². The summed E-state index contributed by atoms with van der Waals surface area (Å²) in [7, 11) is 0. The van der Waals surface area contributed by atoms with Gasteiger partial charge in [-0.15, -0.1) is 11.8 Å². The summed E-state index contributed by atoms with van der Waals surface area (Å²) in [5.74, 6) is -0.955. The van der Waals surface area contributed by atoms with Crippen LogP contribution in [0.25, 0.3) is 0 Å². The van der Waals surface area contributed by atoms with Gasteiger partial charge >= 0.3 is 11.9 Å². The average molecular weight is 233 g/mol. The molecule has 1 aliphatic rings. The van der Waals surface area contributed by atoms with Gasteiger partial charge in [0.1, 0.15) is 11.6 Å². The Kier molecular flexibility index (Phi) is 3.62. The fourth-order valence-electron chi connectivity index (χ4n) is 1.11. The Morgan fingerprint density at radius 1 is 1.47 bits per heavy atom. The smallest absolute Gasteiger partial charge is 0.334 e. The van der Waals surface area contributed by atoms with E-state index >= 15 is 0 Å². The van der Waals surface area contributed by atoms with E-state index < -0.39 is 29.0 Å². The first-order chi connectivity index (χ1) is 6.79. The van der Waals surface area contributed by atoms with Crippen LogP contribution in [0.1, 0.15) is 20.8 Å². The molecule has 0 saturated carbocycles. The second-order valence-corrected chi connectivity index (χ2v) is 5.44. The molecule has 1 fully saturated rings. The first-order valence-corrected chi connectivity index (χ1v) is 5.68. The van der Waals surface area contributed by atoms with E-state index in [0.717, 1.165) is 0 Å². The zero-order valence-corrected chi connectivity index (χ0v) is 9.76. The number of esters is 1. The van der Waals surface area contributed by atoms with Crippen molar-refractivity contribution in [2.45, 2.75) is 37.8 Å². The Morgan fingerprint density at radius 3 is 2.47 bits per heavy atom. The molecule has 6 heteroatoms. The quantitative estimate of drug-likeness (QED) is 0.674. The zero-order chi connectivity index (χ0) is 11.6. The minimum Gasteiger partial charge on any atom is -0.480 e. The summed E-state index contributed by atoms with van der Waals surface area (Å²) in [5.41, 5.74) is -0.541. The van der Waals surface area contributed by atoms with Crippen LogP contribution in [0.4, 0.5) is 0 Å². The third-order valence-corrected chi connectivity index (χ3v) is 2.89. The second-order valence-electron chi connectivity index (χ2n) is 4.30. The van der Waals surface area contributed by atoms with Crippen LogP contribution in [-0.4, -0.2) is 39.8 Å². The van der Waals surface area contributed by atoms with Crippen LogP contribution >= 0.6 is 11.8 Å². The molecule has 1 rings (SSSR count). The molecule has 15 heavy (non-hydrogen) atoms. The Morgan fingerprint density at radius 2 is 2.07 bits per heavy atom. The van der Waals surface area contributed by atoms with Crippen LogP contribution in [0.2, 0.25) is 0 Å². The molecule has 86 valence electrons. The zero-order valence-electron chi connectivity index (χ0n) is 8.94. The van der Waals surface area contributed by atoms with Crippen LogP contribution in [0, 0.1) is 0 Å². The lowest BCUT2D eigenvalue weighted by Gasteiger charge is -2.21. The highest BCUT2D eigenvalue weighted by Crippen LogP contribution is 2.22. The molecular formula is C9H15NO4S. The second kappa shape index (κ2) is 4.40. The minimum absolute atomic E-state index is 0.388. The third kappa shape index (κ3) is 3.71. The summed E-state index contributed by atoms with van der Waals surface area (Å²) in [5, 5.41) is 10.9. The van der Waals surface area contributed by atoms with Crippen LogP contribution in [0.5, 0.6) is 0 Å². The molecule has 1 aliphatic heterocycles.